The molecule has 2 aromatic heterocycles. The second-order valence-corrected chi connectivity index (χ2v) is 8.01. The van der Waals surface area contributed by atoms with E-state index in [2.05, 4.69) is 38.9 Å². The molecule has 1 aliphatic rings. The molecule has 3 heterocycles. The molecule has 0 saturated carbocycles. The standard InChI is InChI=1S/C18H26N6O2S/c1-12(2)8-15(20-13(3)25)18-22-21-16-4-5-23(6-7-24(16)18)17(26)9-14-10-27-11-19-14/h10-12,15H,4-9H2,1-3H3,(H,20,25). The first-order valence-electron chi connectivity index (χ1n) is 9.28. The molecule has 0 saturated heterocycles. The molecule has 1 atom stereocenters. The van der Waals surface area contributed by atoms with E-state index in [1.54, 1.807) is 5.51 Å². The number of nitrogens with zero attached hydrogens (tertiary/aromatic N) is 5. The van der Waals surface area contributed by atoms with Crippen LogP contribution in [0.1, 0.15) is 50.6 Å². The molecule has 3 rings (SSSR count). The zero-order valence-electron chi connectivity index (χ0n) is 16.0. The van der Waals surface area contributed by atoms with E-state index in [0.29, 0.717) is 38.4 Å². The van der Waals surface area contributed by atoms with Gasteiger partial charge >= 0.3 is 0 Å². The highest BCUT2D eigenvalue weighted by Crippen LogP contribution is 2.22. The average Bonchev–Trinajstić information content (AvgIpc) is 3.19. The summed E-state index contributed by atoms with van der Waals surface area (Å²) < 4.78 is 2.07. The Kier molecular flexibility index (Phi) is 6.20. The van der Waals surface area contributed by atoms with Gasteiger partial charge in [-0.3, -0.25) is 9.59 Å². The van der Waals surface area contributed by atoms with Crippen molar-refractivity contribution in [2.75, 3.05) is 13.1 Å². The zero-order chi connectivity index (χ0) is 19.4. The SMILES string of the molecule is CC(=O)NC(CC(C)C)c1nnc2n1CCN(C(=O)Cc1cscn1)CC2. The van der Waals surface area contributed by atoms with Crippen LogP contribution in [0.2, 0.25) is 0 Å². The third-order valence-electron chi connectivity index (χ3n) is 4.62. The van der Waals surface area contributed by atoms with Crippen LogP contribution in [-0.4, -0.2) is 49.6 Å². The number of fused-ring (bicyclic) bond motifs is 1. The summed E-state index contributed by atoms with van der Waals surface area (Å²) in [7, 11) is 0. The Hall–Kier alpha value is -2.29. The lowest BCUT2D eigenvalue weighted by Gasteiger charge is -2.22. The molecule has 1 unspecified atom stereocenters. The van der Waals surface area contributed by atoms with Gasteiger partial charge in [-0.1, -0.05) is 13.8 Å². The Bertz CT molecular complexity index is 786. The molecule has 0 aliphatic carbocycles. The van der Waals surface area contributed by atoms with E-state index in [-0.39, 0.29) is 17.9 Å². The number of nitrogens with one attached hydrogen (secondary N) is 1. The van der Waals surface area contributed by atoms with Gasteiger partial charge in [0.25, 0.3) is 0 Å². The van der Waals surface area contributed by atoms with E-state index in [4.69, 9.17) is 0 Å². The minimum Gasteiger partial charge on any atom is -0.346 e. The molecule has 2 aromatic rings. The van der Waals surface area contributed by atoms with Gasteiger partial charge in [0.2, 0.25) is 11.8 Å². The van der Waals surface area contributed by atoms with Gasteiger partial charge in [-0.2, -0.15) is 0 Å². The van der Waals surface area contributed by atoms with Gasteiger partial charge in [-0.25, -0.2) is 4.98 Å². The van der Waals surface area contributed by atoms with Gasteiger partial charge in [-0.15, -0.1) is 21.5 Å². The molecule has 1 aliphatic heterocycles. The minimum absolute atomic E-state index is 0.0771. The monoisotopic (exact) mass is 390 g/mol. The third-order valence-corrected chi connectivity index (χ3v) is 5.25. The topological polar surface area (TPSA) is 93.0 Å². The maximum Gasteiger partial charge on any atom is 0.228 e. The van der Waals surface area contributed by atoms with E-state index in [1.807, 2.05) is 10.3 Å². The predicted octanol–water partition coefficient (Wildman–Crippen LogP) is 1.59. The smallest absolute Gasteiger partial charge is 0.228 e. The third kappa shape index (κ3) is 4.91. The predicted molar refractivity (Wildman–Crippen MR) is 102 cm³/mol. The van der Waals surface area contributed by atoms with Crippen LogP contribution in [0.15, 0.2) is 10.9 Å². The lowest BCUT2D eigenvalue weighted by molar-refractivity contribution is -0.130. The Morgan fingerprint density at radius 1 is 1.26 bits per heavy atom. The summed E-state index contributed by atoms with van der Waals surface area (Å²) in [6, 6.07) is -0.166. The highest BCUT2D eigenvalue weighted by atomic mass is 32.1. The van der Waals surface area contributed by atoms with Crippen molar-refractivity contribution in [1.82, 2.24) is 30.0 Å². The summed E-state index contributed by atoms with van der Waals surface area (Å²) >= 11 is 1.50. The van der Waals surface area contributed by atoms with Crippen LogP contribution in [0.25, 0.3) is 0 Å². The molecule has 9 heteroatoms. The molecule has 1 N–H and O–H groups in total. The Morgan fingerprint density at radius 2 is 2.07 bits per heavy atom. The Morgan fingerprint density at radius 3 is 2.74 bits per heavy atom. The van der Waals surface area contributed by atoms with Crippen LogP contribution >= 0.6 is 11.3 Å². The molecule has 0 aromatic carbocycles. The second-order valence-electron chi connectivity index (χ2n) is 7.30. The van der Waals surface area contributed by atoms with Gasteiger partial charge in [0, 0.05) is 38.4 Å². The molecule has 146 valence electrons. The van der Waals surface area contributed by atoms with Crippen molar-refractivity contribution < 1.29 is 9.59 Å². The lowest BCUT2D eigenvalue weighted by atomic mass is 10.0. The number of hydrogen-bond acceptors (Lipinski definition) is 6. The first kappa shape index (κ1) is 19.5. The molecule has 8 nitrogen and oxygen atoms in total. The second kappa shape index (κ2) is 8.60. The number of hydrogen-bond donors (Lipinski definition) is 1. The average molecular weight is 391 g/mol. The van der Waals surface area contributed by atoms with E-state index in [0.717, 1.165) is 23.8 Å². The van der Waals surface area contributed by atoms with Crippen LogP contribution in [-0.2, 0) is 29.0 Å². The highest BCUT2D eigenvalue weighted by Gasteiger charge is 2.26. The number of carbonyl (C=O) groups is 2. The summed E-state index contributed by atoms with van der Waals surface area (Å²) in [5.74, 6) is 2.07. The van der Waals surface area contributed by atoms with E-state index in [1.165, 1.54) is 18.3 Å². The van der Waals surface area contributed by atoms with Crippen molar-refractivity contribution in [3.63, 3.8) is 0 Å². The first-order chi connectivity index (χ1) is 12.9. The molecule has 2 amide bonds. The van der Waals surface area contributed by atoms with Crippen molar-refractivity contribution in [1.29, 1.82) is 0 Å². The largest absolute Gasteiger partial charge is 0.346 e. The van der Waals surface area contributed by atoms with Gasteiger partial charge in [0.15, 0.2) is 5.82 Å². The maximum atomic E-state index is 12.6. The molecule has 0 radical (unpaired) electrons. The summed E-state index contributed by atoms with van der Waals surface area (Å²) in [6.07, 6.45) is 1.78. The van der Waals surface area contributed by atoms with Crippen LogP contribution in [0.3, 0.4) is 0 Å². The quantitative estimate of drug-likeness (QED) is 0.808. The van der Waals surface area contributed by atoms with E-state index < -0.39 is 0 Å². The van der Waals surface area contributed by atoms with Crippen molar-refractivity contribution >= 4 is 23.2 Å². The van der Waals surface area contributed by atoms with Crippen molar-refractivity contribution in [2.24, 2.45) is 5.92 Å². The lowest BCUT2D eigenvalue weighted by Crippen LogP contribution is -2.35. The summed E-state index contributed by atoms with van der Waals surface area (Å²) in [5, 5.41) is 13.6. The highest BCUT2D eigenvalue weighted by molar-refractivity contribution is 7.07. The molecular formula is C18H26N6O2S. The van der Waals surface area contributed by atoms with Crippen LogP contribution < -0.4 is 5.32 Å². The number of amides is 2. The minimum atomic E-state index is -0.166. The number of aromatic nitrogens is 4. The molecule has 0 bridgehead atoms. The fourth-order valence-electron chi connectivity index (χ4n) is 3.39. The van der Waals surface area contributed by atoms with Gasteiger partial charge in [0.05, 0.1) is 23.7 Å². The fourth-order valence-corrected chi connectivity index (χ4v) is 3.95. The van der Waals surface area contributed by atoms with Crippen molar-refractivity contribution in [3.05, 3.63) is 28.2 Å². The number of thiazole rings is 1. The number of rotatable bonds is 6. The number of carbonyl (C=O) groups excluding carboxylic acids is 2. The van der Waals surface area contributed by atoms with Gasteiger partial charge in [-0.05, 0) is 12.3 Å². The molecule has 27 heavy (non-hydrogen) atoms. The van der Waals surface area contributed by atoms with E-state index in [9.17, 15) is 9.59 Å². The van der Waals surface area contributed by atoms with Crippen LogP contribution in [0.5, 0.6) is 0 Å². The van der Waals surface area contributed by atoms with Crippen LogP contribution in [0.4, 0.5) is 0 Å². The maximum absolute atomic E-state index is 12.6. The normalized spacial score (nSPS) is 15.3. The molecular weight excluding hydrogens is 364 g/mol. The first-order valence-corrected chi connectivity index (χ1v) is 10.2. The molecule has 0 fully saturated rings. The van der Waals surface area contributed by atoms with Crippen LogP contribution in [0, 0.1) is 5.92 Å². The summed E-state index contributed by atoms with van der Waals surface area (Å²) in [4.78, 5) is 30.3. The Labute approximate surface area is 163 Å². The van der Waals surface area contributed by atoms with Crippen molar-refractivity contribution in [2.45, 2.75) is 52.6 Å². The summed E-state index contributed by atoms with van der Waals surface area (Å²) in [6.45, 7) is 7.62. The van der Waals surface area contributed by atoms with Crippen molar-refractivity contribution in [3.8, 4) is 0 Å². The summed E-state index contributed by atoms with van der Waals surface area (Å²) in [5.41, 5.74) is 2.56. The van der Waals surface area contributed by atoms with Gasteiger partial charge in [0.1, 0.15) is 5.82 Å². The fraction of sp³-hybridized carbons (Fsp3) is 0.611. The van der Waals surface area contributed by atoms with E-state index >= 15 is 0 Å². The van der Waals surface area contributed by atoms with Gasteiger partial charge < -0.3 is 14.8 Å². The molecule has 0 spiro atoms. The Balaban J connectivity index is 1.72. The zero-order valence-corrected chi connectivity index (χ0v) is 16.8.